The fourth-order valence-corrected chi connectivity index (χ4v) is 6.44. The number of fused-ring (bicyclic) bond motifs is 6. The number of alkyl halides is 3. The Bertz CT molecular complexity index is 2670. The van der Waals surface area contributed by atoms with E-state index in [2.05, 4.69) is 29.6 Å². The lowest BCUT2D eigenvalue weighted by Gasteiger charge is -2.12. The van der Waals surface area contributed by atoms with E-state index >= 15 is 0 Å². The Morgan fingerprint density at radius 3 is 1.45 bits per heavy atom. The molecule has 0 spiro atoms. The van der Waals surface area contributed by atoms with Gasteiger partial charge in [-0.15, -0.1) is 0 Å². The van der Waals surface area contributed by atoms with Crippen molar-refractivity contribution in [2.24, 2.45) is 0 Å². The first kappa shape index (κ1) is 32.6. The molecule has 0 saturated heterocycles. The molecule has 0 radical (unpaired) electrons. The predicted octanol–water partition coefficient (Wildman–Crippen LogP) is 6.73. The molecule has 0 atom stereocenters. The summed E-state index contributed by atoms with van der Waals surface area (Å²) in [5.74, 6) is -5.33. The SMILES string of the molecule is [C-]#[N+]/C(C#N)=c1/c2c(/c(=C(\C#N)[N+]#[C-])c3c1-c1ncc(-c4cc(F)c(C)c(F)c4)nc1C3)-c1ncc(-c3cc(F)c(C(F)(F)F)c(F)c3)nc1C2. The average Bonchev–Trinajstić information content (AvgIpc) is 3.65. The maximum atomic E-state index is 14.5. The molecule has 0 N–H and O–H groups in total. The molecular weight excluding hydrogens is 677 g/mol. The summed E-state index contributed by atoms with van der Waals surface area (Å²) in [6, 6.07) is 6.87. The molecule has 2 aliphatic rings. The number of rotatable bonds is 2. The Morgan fingerprint density at radius 1 is 0.706 bits per heavy atom. The van der Waals surface area contributed by atoms with Crippen molar-refractivity contribution >= 4 is 11.4 Å². The largest absolute Gasteiger partial charge is 0.422 e. The van der Waals surface area contributed by atoms with Crippen LogP contribution in [0.3, 0.4) is 0 Å². The van der Waals surface area contributed by atoms with Crippen molar-refractivity contribution in [2.75, 3.05) is 0 Å². The van der Waals surface area contributed by atoms with Gasteiger partial charge >= 0.3 is 6.18 Å². The summed E-state index contributed by atoms with van der Waals surface area (Å²) >= 11 is 0. The summed E-state index contributed by atoms with van der Waals surface area (Å²) in [7, 11) is 0. The van der Waals surface area contributed by atoms with E-state index in [-0.39, 0.29) is 90.8 Å². The summed E-state index contributed by atoms with van der Waals surface area (Å²) in [6.07, 6.45) is -3.23. The lowest BCUT2D eigenvalue weighted by molar-refractivity contribution is -0.142. The van der Waals surface area contributed by atoms with Gasteiger partial charge in [0.05, 0.1) is 71.8 Å². The van der Waals surface area contributed by atoms with Crippen LogP contribution in [0.1, 0.15) is 33.6 Å². The molecule has 8 nitrogen and oxygen atoms in total. The van der Waals surface area contributed by atoms with Crippen LogP contribution in [0.5, 0.6) is 0 Å². The third kappa shape index (κ3) is 4.95. The van der Waals surface area contributed by atoms with Crippen LogP contribution < -0.4 is 10.4 Å². The van der Waals surface area contributed by atoms with Crippen LogP contribution in [0, 0.1) is 66.0 Å². The summed E-state index contributed by atoms with van der Waals surface area (Å²) in [5.41, 5.74) is -1.73. The Morgan fingerprint density at radius 2 is 1.10 bits per heavy atom. The van der Waals surface area contributed by atoms with E-state index in [1.54, 1.807) is 0 Å². The van der Waals surface area contributed by atoms with Crippen LogP contribution in [-0.2, 0) is 19.0 Å². The number of hydrogen-bond donors (Lipinski definition) is 0. The molecule has 51 heavy (non-hydrogen) atoms. The smallest absolute Gasteiger partial charge is 0.252 e. The maximum Gasteiger partial charge on any atom is 0.422 e. The third-order valence-corrected chi connectivity index (χ3v) is 8.67. The van der Waals surface area contributed by atoms with Crippen LogP contribution in [0.2, 0.25) is 0 Å². The van der Waals surface area contributed by atoms with Gasteiger partial charge in [-0.3, -0.25) is 9.97 Å². The van der Waals surface area contributed by atoms with Gasteiger partial charge in [0, 0.05) is 51.1 Å². The van der Waals surface area contributed by atoms with Gasteiger partial charge in [-0.25, -0.2) is 47.7 Å². The second kappa shape index (κ2) is 11.6. The van der Waals surface area contributed by atoms with Crippen molar-refractivity contribution in [3.05, 3.63) is 127 Å². The van der Waals surface area contributed by atoms with Crippen molar-refractivity contribution in [3.63, 3.8) is 0 Å². The van der Waals surface area contributed by atoms with Crippen molar-refractivity contribution in [1.29, 1.82) is 10.5 Å². The zero-order chi connectivity index (χ0) is 36.5. The van der Waals surface area contributed by atoms with Gasteiger partial charge in [0.15, 0.2) is 0 Å². The van der Waals surface area contributed by atoms with Crippen LogP contribution in [-0.4, -0.2) is 19.9 Å². The minimum Gasteiger partial charge on any atom is -0.252 e. The van der Waals surface area contributed by atoms with Gasteiger partial charge in [-0.05, 0) is 42.3 Å². The molecule has 5 aromatic rings. The van der Waals surface area contributed by atoms with E-state index in [0.29, 0.717) is 17.7 Å². The number of nitrogens with zero attached hydrogens (tertiary/aromatic N) is 8. The number of hydrogen-bond acceptors (Lipinski definition) is 6. The lowest BCUT2D eigenvalue weighted by atomic mass is 9.92. The molecule has 246 valence electrons. The summed E-state index contributed by atoms with van der Waals surface area (Å²) < 4.78 is 97.4. The van der Waals surface area contributed by atoms with Crippen molar-refractivity contribution in [1.82, 2.24) is 19.9 Å². The van der Waals surface area contributed by atoms with Crippen molar-refractivity contribution in [2.45, 2.75) is 25.9 Å². The third-order valence-electron chi connectivity index (χ3n) is 8.67. The molecule has 2 aliphatic carbocycles. The Hall–Kier alpha value is -6.97. The molecule has 3 aromatic carbocycles. The molecule has 7 rings (SSSR count). The van der Waals surface area contributed by atoms with Gasteiger partial charge in [0.25, 0.3) is 11.4 Å². The predicted molar refractivity (Wildman–Crippen MR) is 165 cm³/mol. The van der Waals surface area contributed by atoms with Crippen LogP contribution in [0.15, 0.2) is 36.7 Å². The highest BCUT2D eigenvalue weighted by Gasteiger charge is 2.39. The second-order valence-corrected chi connectivity index (χ2v) is 11.4. The number of nitriles is 2. The van der Waals surface area contributed by atoms with Crippen LogP contribution >= 0.6 is 0 Å². The molecule has 2 heterocycles. The molecule has 0 fully saturated rings. The number of benzene rings is 3. The highest BCUT2D eigenvalue weighted by atomic mass is 19.4. The first-order valence-electron chi connectivity index (χ1n) is 14.6. The van der Waals surface area contributed by atoms with Crippen molar-refractivity contribution in [3.8, 4) is 57.2 Å². The quantitative estimate of drug-likeness (QED) is 0.147. The zero-order valence-corrected chi connectivity index (χ0v) is 25.6. The Kier molecular flexibility index (Phi) is 7.39. The lowest BCUT2D eigenvalue weighted by Crippen LogP contribution is -2.26. The van der Waals surface area contributed by atoms with E-state index in [1.807, 2.05) is 12.1 Å². The molecule has 0 amide bonds. The van der Waals surface area contributed by atoms with E-state index in [0.717, 1.165) is 18.3 Å². The first-order chi connectivity index (χ1) is 24.3. The van der Waals surface area contributed by atoms with E-state index in [1.165, 1.54) is 13.1 Å². The molecular formula is C36H13F7N8. The van der Waals surface area contributed by atoms with Gasteiger partial charge in [0.1, 0.15) is 28.8 Å². The summed E-state index contributed by atoms with van der Waals surface area (Å²) in [5, 5.41) is 20.3. The Labute approximate surface area is 282 Å². The number of halogens is 7. The summed E-state index contributed by atoms with van der Waals surface area (Å²) in [4.78, 5) is 24.7. The van der Waals surface area contributed by atoms with Gasteiger partial charge in [0.2, 0.25) is 0 Å². The minimum absolute atomic E-state index is 0.0830. The first-order valence-corrected chi connectivity index (χ1v) is 14.6. The fraction of sp³-hybridized carbons (Fsp3) is 0.111. The van der Waals surface area contributed by atoms with Crippen LogP contribution in [0.25, 0.3) is 66.1 Å². The van der Waals surface area contributed by atoms with E-state index in [9.17, 15) is 41.3 Å². The topological polar surface area (TPSA) is 108 Å². The van der Waals surface area contributed by atoms with E-state index in [4.69, 9.17) is 13.1 Å². The fourth-order valence-electron chi connectivity index (χ4n) is 6.44. The maximum absolute atomic E-state index is 14.5. The second-order valence-electron chi connectivity index (χ2n) is 11.4. The molecule has 0 unspecified atom stereocenters. The van der Waals surface area contributed by atoms with Crippen molar-refractivity contribution < 1.29 is 30.7 Å². The average molecular weight is 691 g/mol. The summed E-state index contributed by atoms with van der Waals surface area (Å²) in [6.45, 7) is 16.9. The molecule has 15 heteroatoms. The normalized spacial score (nSPS) is 13.5. The molecule has 0 bridgehead atoms. The van der Waals surface area contributed by atoms with Gasteiger partial charge in [-0.1, -0.05) is 0 Å². The van der Waals surface area contributed by atoms with Gasteiger partial charge < -0.3 is 0 Å². The zero-order valence-electron chi connectivity index (χ0n) is 25.6. The molecule has 0 saturated carbocycles. The molecule has 0 aliphatic heterocycles. The number of aromatic nitrogens is 4. The monoisotopic (exact) mass is 690 g/mol. The Balaban J connectivity index is 1.49. The standard InChI is InChI=1S/C36H13F7N8/c1-14-19(37)4-15(5-20(14)38)27-12-48-34-23(50-27)8-17-29(25(10-44)46-2)32-18(30(31(17)34)26(11-45)47-3)9-24-35(32)49-13-28(51-24)16-6-21(39)33(22(40)7-16)36(41,42)43/h4-7,12-13H,8-9H2,1H3/b29-25+,30-26-. The molecule has 2 aromatic heterocycles. The van der Waals surface area contributed by atoms with Gasteiger partial charge in [-0.2, -0.15) is 13.2 Å². The minimum atomic E-state index is -5.29. The highest BCUT2D eigenvalue weighted by molar-refractivity contribution is 5.90. The highest BCUT2D eigenvalue weighted by Crippen LogP contribution is 2.40. The van der Waals surface area contributed by atoms with E-state index < -0.39 is 46.4 Å². The van der Waals surface area contributed by atoms with Crippen LogP contribution in [0.4, 0.5) is 30.7 Å².